The second kappa shape index (κ2) is 5.42. The topological polar surface area (TPSA) is 21.3 Å². The van der Waals surface area contributed by atoms with Crippen molar-refractivity contribution in [2.45, 2.75) is 17.2 Å². The first-order valence-corrected chi connectivity index (χ1v) is 7.42. The lowest BCUT2D eigenvalue weighted by atomic mass is 10.0. The molecule has 2 nitrogen and oxygen atoms in total. The number of rotatable bonds is 4. The van der Waals surface area contributed by atoms with Crippen molar-refractivity contribution in [1.29, 1.82) is 0 Å². The van der Waals surface area contributed by atoms with Crippen molar-refractivity contribution >= 4 is 11.8 Å². The summed E-state index contributed by atoms with van der Waals surface area (Å²) in [5, 5.41) is 3.62. The molecule has 92 valence electrons. The van der Waals surface area contributed by atoms with E-state index in [-0.39, 0.29) is 0 Å². The molecule has 2 atom stereocenters. The van der Waals surface area contributed by atoms with Crippen LogP contribution in [0.1, 0.15) is 17.9 Å². The zero-order valence-electron chi connectivity index (χ0n) is 10.0. The van der Waals surface area contributed by atoms with Crippen molar-refractivity contribution in [3.8, 4) is 0 Å². The average molecular weight is 249 g/mol. The van der Waals surface area contributed by atoms with Gasteiger partial charge in [0.2, 0.25) is 0 Å². The monoisotopic (exact) mass is 249 g/mol. The smallest absolute Gasteiger partial charge is 0.0507 e. The van der Waals surface area contributed by atoms with Gasteiger partial charge in [0, 0.05) is 36.3 Å². The van der Waals surface area contributed by atoms with E-state index in [4.69, 9.17) is 4.74 Å². The lowest BCUT2D eigenvalue weighted by Crippen LogP contribution is -2.27. The molecule has 2 aliphatic rings. The molecule has 1 N–H and O–H groups in total. The first-order chi connectivity index (χ1) is 8.43. The van der Waals surface area contributed by atoms with Crippen LogP contribution in [0.3, 0.4) is 0 Å². The largest absolute Gasteiger partial charge is 0.381 e. The Morgan fingerprint density at radius 1 is 1.29 bits per heavy atom. The van der Waals surface area contributed by atoms with Gasteiger partial charge in [-0.3, -0.25) is 0 Å². The summed E-state index contributed by atoms with van der Waals surface area (Å²) >= 11 is 1.99. The van der Waals surface area contributed by atoms with E-state index < -0.39 is 0 Å². The summed E-state index contributed by atoms with van der Waals surface area (Å²) in [6.07, 6.45) is 1.23. The Balaban J connectivity index is 1.50. The molecule has 0 saturated carbocycles. The number of ether oxygens (including phenoxy) is 1. The Labute approximate surface area is 107 Å². The zero-order chi connectivity index (χ0) is 11.5. The van der Waals surface area contributed by atoms with Crippen molar-refractivity contribution in [3.05, 3.63) is 29.8 Å². The van der Waals surface area contributed by atoms with Gasteiger partial charge in [-0.15, -0.1) is 11.8 Å². The predicted octanol–water partition coefficient (Wildman–Crippen LogP) is 2.50. The highest BCUT2D eigenvalue weighted by molar-refractivity contribution is 7.99. The Morgan fingerprint density at radius 2 is 2.24 bits per heavy atom. The Bertz CT molecular complexity index is 376. The van der Waals surface area contributed by atoms with E-state index in [1.54, 1.807) is 0 Å². The predicted molar refractivity (Wildman–Crippen MR) is 71.7 cm³/mol. The number of nitrogens with one attached hydrogen (secondary N) is 1. The molecule has 3 rings (SSSR count). The molecule has 1 aromatic carbocycles. The Hall–Kier alpha value is -0.510. The maximum Gasteiger partial charge on any atom is 0.0507 e. The molecule has 0 amide bonds. The molecule has 3 heteroatoms. The highest BCUT2D eigenvalue weighted by atomic mass is 32.2. The molecule has 0 aromatic heterocycles. The van der Waals surface area contributed by atoms with Crippen molar-refractivity contribution in [2.75, 3.05) is 32.1 Å². The molecule has 2 unspecified atom stereocenters. The first kappa shape index (κ1) is 11.6. The number of hydrogen-bond donors (Lipinski definition) is 1. The van der Waals surface area contributed by atoms with Gasteiger partial charge in [0.25, 0.3) is 0 Å². The van der Waals surface area contributed by atoms with E-state index in [0.29, 0.717) is 5.92 Å². The molecule has 0 spiro atoms. The van der Waals surface area contributed by atoms with Gasteiger partial charge in [-0.05, 0) is 24.0 Å². The number of fused-ring (bicyclic) bond motifs is 1. The van der Waals surface area contributed by atoms with Gasteiger partial charge in [0.1, 0.15) is 0 Å². The lowest BCUT2D eigenvalue weighted by Gasteiger charge is -2.14. The summed E-state index contributed by atoms with van der Waals surface area (Å²) in [6.45, 7) is 4.13. The van der Waals surface area contributed by atoms with E-state index in [9.17, 15) is 0 Å². The van der Waals surface area contributed by atoms with E-state index in [1.165, 1.54) is 22.6 Å². The van der Waals surface area contributed by atoms with E-state index in [1.807, 2.05) is 11.8 Å². The van der Waals surface area contributed by atoms with Gasteiger partial charge in [-0.25, -0.2) is 0 Å². The summed E-state index contributed by atoms with van der Waals surface area (Å²) in [5.74, 6) is 2.66. The maximum atomic E-state index is 5.39. The van der Waals surface area contributed by atoms with E-state index in [0.717, 1.165) is 32.2 Å². The van der Waals surface area contributed by atoms with Crippen molar-refractivity contribution in [3.63, 3.8) is 0 Å². The fourth-order valence-corrected chi connectivity index (χ4v) is 3.86. The van der Waals surface area contributed by atoms with E-state index >= 15 is 0 Å². The molecule has 17 heavy (non-hydrogen) atoms. The minimum atomic E-state index is 0.693. The van der Waals surface area contributed by atoms with Crippen molar-refractivity contribution < 1.29 is 4.74 Å². The fourth-order valence-electron chi connectivity index (χ4n) is 2.60. The van der Waals surface area contributed by atoms with Gasteiger partial charge in [0.05, 0.1) is 6.61 Å². The highest BCUT2D eigenvalue weighted by Crippen LogP contribution is 2.38. The standard InChI is InChI=1S/C14H19NOS/c1-2-4-14-13(3-1)12(10-17-14)8-15-7-11-5-6-16-9-11/h1-4,11-12,15H,5-10H2. The third-order valence-corrected chi connectivity index (χ3v) is 4.90. The molecular formula is C14H19NOS. The van der Waals surface area contributed by atoms with Crippen LogP contribution in [0.15, 0.2) is 29.2 Å². The molecule has 1 fully saturated rings. The minimum Gasteiger partial charge on any atom is -0.381 e. The van der Waals surface area contributed by atoms with E-state index in [2.05, 4.69) is 29.6 Å². The summed E-state index contributed by atoms with van der Waals surface area (Å²) in [5.41, 5.74) is 1.53. The first-order valence-electron chi connectivity index (χ1n) is 6.43. The number of thioether (sulfide) groups is 1. The van der Waals surface area contributed by atoms with Gasteiger partial charge in [0.15, 0.2) is 0 Å². The molecule has 2 aliphatic heterocycles. The van der Waals surface area contributed by atoms with Crippen LogP contribution in [0.2, 0.25) is 0 Å². The quantitative estimate of drug-likeness (QED) is 0.886. The van der Waals surface area contributed by atoms with Crippen LogP contribution >= 0.6 is 11.8 Å². The van der Waals surface area contributed by atoms with Gasteiger partial charge < -0.3 is 10.1 Å². The SMILES string of the molecule is c1ccc2c(c1)SCC2CNCC1CCOC1. The second-order valence-electron chi connectivity index (χ2n) is 4.93. The van der Waals surface area contributed by atoms with Gasteiger partial charge in [-0.2, -0.15) is 0 Å². The molecule has 2 heterocycles. The molecular weight excluding hydrogens is 230 g/mol. The minimum absolute atomic E-state index is 0.693. The molecule has 0 radical (unpaired) electrons. The summed E-state index contributed by atoms with van der Waals surface area (Å²) in [7, 11) is 0. The third kappa shape index (κ3) is 2.67. The van der Waals surface area contributed by atoms with Crippen LogP contribution in [0.5, 0.6) is 0 Å². The fraction of sp³-hybridized carbons (Fsp3) is 0.571. The normalized spacial score (nSPS) is 27.3. The van der Waals surface area contributed by atoms with Crippen LogP contribution in [-0.2, 0) is 4.74 Å². The average Bonchev–Trinajstić information content (AvgIpc) is 2.99. The molecule has 0 aliphatic carbocycles. The Kier molecular flexibility index (Phi) is 3.69. The number of hydrogen-bond acceptors (Lipinski definition) is 3. The van der Waals surface area contributed by atoms with Crippen LogP contribution in [0.4, 0.5) is 0 Å². The van der Waals surface area contributed by atoms with Crippen LogP contribution in [0, 0.1) is 5.92 Å². The van der Waals surface area contributed by atoms with Crippen molar-refractivity contribution in [1.82, 2.24) is 5.32 Å². The van der Waals surface area contributed by atoms with Crippen molar-refractivity contribution in [2.24, 2.45) is 5.92 Å². The van der Waals surface area contributed by atoms with Gasteiger partial charge >= 0.3 is 0 Å². The molecule has 0 bridgehead atoms. The van der Waals surface area contributed by atoms with Crippen LogP contribution in [0.25, 0.3) is 0 Å². The zero-order valence-corrected chi connectivity index (χ0v) is 10.8. The Morgan fingerprint density at radius 3 is 3.12 bits per heavy atom. The molecule has 1 saturated heterocycles. The third-order valence-electron chi connectivity index (χ3n) is 3.65. The summed E-state index contributed by atoms with van der Waals surface area (Å²) in [4.78, 5) is 1.48. The lowest BCUT2D eigenvalue weighted by molar-refractivity contribution is 0.185. The summed E-state index contributed by atoms with van der Waals surface area (Å²) < 4.78 is 5.39. The highest BCUT2D eigenvalue weighted by Gasteiger charge is 2.22. The molecule has 1 aromatic rings. The van der Waals surface area contributed by atoms with Crippen LogP contribution < -0.4 is 5.32 Å². The number of benzene rings is 1. The summed E-state index contributed by atoms with van der Waals surface area (Å²) in [6, 6.07) is 8.81. The van der Waals surface area contributed by atoms with Crippen LogP contribution in [-0.4, -0.2) is 32.1 Å². The second-order valence-corrected chi connectivity index (χ2v) is 6.00. The maximum absolute atomic E-state index is 5.39. The van der Waals surface area contributed by atoms with Gasteiger partial charge in [-0.1, -0.05) is 18.2 Å².